The number of Topliss-reactive ketones (excluding diaryl/α,β-unsaturated/α-hetero) is 1. The lowest BCUT2D eigenvalue weighted by Gasteiger charge is -2.26. The number of carbonyl (C=O) groups is 4. The summed E-state index contributed by atoms with van der Waals surface area (Å²) < 4.78 is 0. The van der Waals surface area contributed by atoms with E-state index in [-0.39, 0.29) is 41.9 Å². The van der Waals surface area contributed by atoms with Crippen molar-refractivity contribution in [2.45, 2.75) is 40.0 Å². The van der Waals surface area contributed by atoms with Crippen LogP contribution in [0, 0.1) is 11.3 Å². The number of fused-ring (bicyclic) bond motifs is 1. The van der Waals surface area contributed by atoms with E-state index in [1.807, 2.05) is 13.8 Å². The van der Waals surface area contributed by atoms with Gasteiger partial charge in [-0.3, -0.25) is 19.2 Å². The standard InChI is InChI=1S/C22H24N4O4S/c1-12(27)23-14-4-6-15(7-5-14)26-11-13(8-18(26)29)20(30)25-21-24-16-9-22(2,3)10-17(28)19(16)31-21/h4-7,13H,8-11H2,1-3H3,(H,23,27)(H,24,25,30). The van der Waals surface area contributed by atoms with Gasteiger partial charge in [-0.15, -0.1) is 0 Å². The highest BCUT2D eigenvalue weighted by Gasteiger charge is 2.37. The van der Waals surface area contributed by atoms with Crippen LogP contribution in [0.25, 0.3) is 0 Å². The Labute approximate surface area is 184 Å². The van der Waals surface area contributed by atoms with E-state index in [9.17, 15) is 19.2 Å². The summed E-state index contributed by atoms with van der Waals surface area (Å²) in [5.74, 6) is -1.02. The number of thiazole rings is 1. The van der Waals surface area contributed by atoms with Crippen molar-refractivity contribution in [2.75, 3.05) is 22.1 Å². The van der Waals surface area contributed by atoms with Crippen molar-refractivity contribution in [3.8, 4) is 0 Å². The molecule has 1 aromatic carbocycles. The second kappa shape index (κ2) is 7.88. The molecule has 1 unspecified atom stereocenters. The largest absolute Gasteiger partial charge is 0.326 e. The molecule has 1 aliphatic carbocycles. The lowest BCUT2D eigenvalue weighted by Crippen LogP contribution is -2.28. The molecule has 1 atom stereocenters. The van der Waals surface area contributed by atoms with Gasteiger partial charge in [-0.1, -0.05) is 25.2 Å². The second-order valence-electron chi connectivity index (χ2n) is 8.86. The van der Waals surface area contributed by atoms with Gasteiger partial charge >= 0.3 is 0 Å². The Bertz CT molecular complexity index is 1070. The summed E-state index contributed by atoms with van der Waals surface area (Å²) in [7, 11) is 0. The fraction of sp³-hybridized carbons (Fsp3) is 0.409. The summed E-state index contributed by atoms with van der Waals surface area (Å²) in [6.07, 6.45) is 1.28. The lowest BCUT2D eigenvalue weighted by molar-refractivity contribution is -0.122. The van der Waals surface area contributed by atoms with Gasteiger partial charge in [0.25, 0.3) is 0 Å². The zero-order chi connectivity index (χ0) is 22.3. The molecule has 3 amide bonds. The smallest absolute Gasteiger partial charge is 0.231 e. The van der Waals surface area contributed by atoms with Crippen molar-refractivity contribution in [1.29, 1.82) is 0 Å². The predicted octanol–water partition coefficient (Wildman–Crippen LogP) is 3.25. The molecule has 0 saturated carbocycles. The van der Waals surface area contributed by atoms with E-state index in [2.05, 4.69) is 15.6 Å². The molecular formula is C22H24N4O4S. The highest BCUT2D eigenvalue weighted by Crippen LogP contribution is 2.38. The SMILES string of the molecule is CC(=O)Nc1ccc(N2CC(C(=O)Nc3nc4c(s3)C(=O)CC(C)(C)C4)CC2=O)cc1. The fourth-order valence-corrected chi connectivity index (χ4v) is 4.96. The maximum atomic E-state index is 12.8. The maximum Gasteiger partial charge on any atom is 0.231 e. The minimum Gasteiger partial charge on any atom is -0.326 e. The first-order valence-electron chi connectivity index (χ1n) is 10.1. The van der Waals surface area contributed by atoms with Crippen LogP contribution in [-0.2, 0) is 20.8 Å². The highest BCUT2D eigenvalue weighted by molar-refractivity contribution is 7.17. The molecule has 4 rings (SSSR count). The van der Waals surface area contributed by atoms with Crippen molar-refractivity contribution in [3.63, 3.8) is 0 Å². The van der Waals surface area contributed by atoms with Crippen LogP contribution in [0.5, 0.6) is 0 Å². The van der Waals surface area contributed by atoms with Gasteiger partial charge in [0.15, 0.2) is 10.9 Å². The van der Waals surface area contributed by atoms with Crippen LogP contribution >= 0.6 is 11.3 Å². The fourth-order valence-electron chi connectivity index (χ4n) is 4.04. The van der Waals surface area contributed by atoms with Gasteiger partial charge in [-0.05, 0) is 36.1 Å². The Morgan fingerprint density at radius 2 is 1.84 bits per heavy atom. The number of nitrogens with one attached hydrogen (secondary N) is 2. The number of ketones is 1. The molecule has 1 aromatic heterocycles. The first kappa shape index (κ1) is 21.2. The van der Waals surface area contributed by atoms with Gasteiger partial charge in [-0.25, -0.2) is 4.98 Å². The van der Waals surface area contributed by atoms with E-state index in [1.54, 1.807) is 29.2 Å². The number of amides is 3. The number of benzene rings is 1. The summed E-state index contributed by atoms with van der Waals surface area (Å²) in [5.41, 5.74) is 1.92. The van der Waals surface area contributed by atoms with Crippen LogP contribution < -0.4 is 15.5 Å². The number of anilines is 3. The molecule has 1 fully saturated rings. The summed E-state index contributed by atoms with van der Waals surface area (Å²) in [6.45, 7) is 5.76. The molecular weight excluding hydrogens is 416 g/mol. The van der Waals surface area contributed by atoms with Gasteiger partial charge in [0.05, 0.1) is 16.5 Å². The van der Waals surface area contributed by atoms with E-state index < -0.39 is 5.92 Å². The minimum atomic E-state index is -0.504. The summed E-state index contributed by atoms with van der Waals surface area (Å²) in [6, 6.07) is 6.92. The number of hydrogen-bond acceptors (Lipinski definition) is 6. The lowest BCUT2D eigenvalue weighted by atomic mass is 9.78. The second-order valence-corrected chi connectivity index (χ2v) is 9.86. The summed E-state index contributed by atoms with van der Waals surface area (Å²) in [4.78, 5) is 55.5. The molecule has 1 aliphatic heterocycles. The van der Waals surface area contributed by atoms with E-state index in [1.165, 1.54) is 18.3 Å². The van der Waals surface area contributed by atoms with E-state index in [0.717, 1.165) is 5.69 Å². The van der Waals surface area contributed by atoms with E-state index >= 15 is 0 Å². The van der Waals surface area contributed by atoms with Crippen molar-refractivity contribution < 1.29 is 19.2 Å². The molecule has 0 bridgehead atoms. The molecule has 1 saturated heterocycles. The molecule has 8 nitrogen and oxygen atoms in total. The Hall–Kier alpha value is -3.07. The third-order valence-electron chi connectivity index (χ3n) is 5.46. The van der Waals surface area contributed by atoms with Crippen LogP contribution in [0.4, 0.5) is 16.5 Å². The minimum absolute atomic E-state index is 0.0641. The Morgan fingerprint density at radius 1 is 1.13 bits per heavy atom. The van der Waals surface area contributed by atoms with Crippen LogP contribution in [0.2, 0.25) is 0 Å². The zero-order valence-electron chi connectivity index (χ0n) is 17.7. The number of carbonyl (C=O) groups excluding carboxylic acids is 4. The molecule has 2 heterocycles. The normalized spacial score (nSPS) is 19.8. The molecule has 162 valence electrons. The van der Waals surface area contributed by atoms with Crippen LogP contribution in [0.1, 0.15) is 49.0 Å². The van der Waals surface area contributed by atoms with Crippen molar-refractivity contribution in [3.05, 3.63) is 34.8 Å². The first-order chi connectivity index (χ1) is 14.6. The van der Waals surface area contributed by atoms with Crippen molar-refractivity contribution in [2.24, 2.45) is 11.3 Å². The van der Waals surface area contributed by atoms with E-state index in [0.29, 0.717) is 34.2 Å². The molecule has 2 aromatic rings. The number of aromatic nitrogens is 1. The Kier molecular flexibility index (Phi) is 5.38. The molecule has 0 radical (unpaired) electrons. The molecule has 31 heavy (non-hydrogen) atoms. The highest BCUT2D eigenvalue weighted by atomic mass is 32.1. The van der Waals surface area contributed by atoms with Crippen LogP contribution in [0.15, 0.2) is 24.3 Å². The Morgan fingerprint density at radius 3 is 2.52 bits per heavy atom. The quantitative estimate of drug-likeness (QED) is 0.759. The monoisotopic (exact) mass is 440 g/mol. The van der Waals surface area contributed by atoms with Gasteiger partial charge in [-0.2, -0.15) is 0 Å². The third-order valence-corrected chi connectivity index (χ3v) is 6.52. The van der Waals surface area contributed by atoms with Crippen LogP contribution in [-0.4, -0.2) is 35.0 Å². The topological polar surface area (TPSA) is 108 Å². The molecule has 2 N–H and O–H groups in total. The zero-order valence-corrected chi connectivity index (χ0v) is 18.5. The molecule has 0 spiro atoms. The predicted molar refractivity (Wildman–Crippen MR) is 118 cm³/mol. The van der Waals surface area contributed by atoms with Crippen molar-refractivity contribution >= 4 is 51.3 Å². The maximum absolute atomic E-state index is 12.8. The molecule has 2 aliphatic rings. The van der Waals surface area contributed by atoms with Crippen LogP contribution in [0.3, 0.4) is 0 Å². The van der Waals surface area contributed by atoms with Crippen molar-refractivity contribution in [1.82, 2.24) is 4.98 Å². The van der Waals surface area contributed by atoms with Gasteiger partial charge in [0.2, 0.25) is 17.7 Å². The summed E-state index contributed by atoms with van der Waals surface area (Å²) in [5, 5.41) is 5.89. The van der Waals surface area contributed by atoms with Gasteiger partial charge in [0.1, 0.15) is 0 Å². The summed E-state index contributed by atoms with van der Waals surface area (Å²) >= 11 is 1.21. The molecule has 9 heteroatoms. The van der Waals surface area contributed by atoms with Gasteiger partial charge < -0.3 is 15.5 Å². The van der Waals surface area contributed by atoms with E-state index in [4.69, 9.17) is 0 Å². The number of nitrogens with zero attached hydrogens (tertiary/aromatic N) is 2. The Balaban J connectivity index is 1.42. The average Bonchev–Trinajstić information content (AvgIpc) is 3.24. The third kappa shape index (κ3) is 4.51. The number of hydrogen-bond donors (Lipinski definition) is 2. The number of rotatable bonds is 4. The van der Waals surface area contributed by atoms with Gasteiger partial charge in [0, 0.05) is 37.7 Å². The first-order valence-corrected chi connectivity index (χ1v) is 10.9. The average molecular weight is 441 g/mol.